The van der Waals surface area contributed by atoms with Crippen molar-refractivity contribution in [2.45, 2.75) is 52.4 Å². The Labute approximate surface area is 219 Å². The fraction of sp³-hybridized carbons (Fsp3) is 0.385. The van der Waals surface area contributed by atoms with Crippen LogP contribution in [0.3, 0.4) is 0 Å². The van der Waals surface area contributed by atoms with Gasteiger partial charge in [-0.25, -0.2) is 4.99 Å². The number of unbranched alkanes of at least 4 members (excludes halogenated alkanes) is 5. The van der Waals surface area contributed by atoms with Crippen molar-refractivity contribution in [3.8, 4) is 11.5 Å². The van der Waals surface area contributed by atoms with E-state index in [1.807, 2.05) is 25.1 Å². The maximum Gasteiger partial charge on any atom is 0.264 e. The van der Waals surface area contributed by atoms with Gasteiger partial charge in [0.05, 0.1) is 28.3 Å². The maximum absolute atomic E-state index is 12.5. The van der Waals surface area contributed by atoms with Crippen molar-refractivity contribution < 1.29 is 14.3 Å². The third-order valence-corrected chi connectivity index (χ3v) is 6.83. The van der Waals surface area contributed by atoms with Crippen LogP contribution in [0.2, 0.25) is 5.02 Å². The lowest BCUT2D eigenvalue weighted by Crippen LogP contribution is -2.19. The summed E-state index contributed by atoms with van der Waals surface area (Å²) in [6, 6.07) is 11.0. The molecule has 5 nitrogen and oxygen atoms in total. The number of amidine groups is 1. The smallest absolute Gasteiger partial charge is 0.264 e. The van der Waals surface area contributed by atoms with Gasteiger partial charge in [-0.1, -0.05) is 50.6 Å². The zero-order chi connectivity index (χ0) is 24.3. The summed E-state index contributed by atoms with van der Waals surface area (Å²) in [6.45, 7) is 5.33. The molecule has 2 aromatic rings. The molecule has 2 aromatic carbocycles. The van der Waals surface area contributed by atoms with E-state index in [4.69, 9.17) is 21.1 Å². The van der Waals surface area contributed by atoms with Gasteiger partial charge in [-0.2, -0.15) is 0 Å². The molecule has 1 N–H and O–H groups in total. The summed E-state index contributed by atoms with van der Waals surface area (Å²) >= 11 is 10.8. The molecule has 0 aromatic heterocycles. The van der Waals surface area contributed by atoms with Gasteiger partial charge < -0.3 is 14.8 Å². The standard InChI is InChI=1S/C26H30BrClN2O3S/c1-3-5-6-7-8-9-14-33-24-21(27)15-18(16-22(24)32-4-2)17-23-25(31)30-26(34-23)29-20-12-10-19(28)11-13-20/h10-13,15-17H,3-9,14H2,1-2H3,(H,29,30,31)/b23-17+. The summed E-state index contributed by atoms with van der Waals surface area (Å²) in [4.78, 5) is 17.5. The molecule has 0 bridgehead atoms. The molecule has 1 heterocycles. The van der Waals surface area contributed by atoms with Gasteiger partial charge in [0.2, 0.25) is 0 Å². The maximum atomic E-state index is 12.5. The van der Waals surface area contributed by atoms with Crippen LogP contribution in [0.5, 0.6) is 11.5 Å². The molecular weight excluding hydrogens is 536 g/mol. The van der Waals surface area contributed by atoms with Crippen LogP contribution in [-0.4, -0.2) is 24.3 Å². The first-order chi connectivity index (χ1) is 16.5. The number of nitrogens with zero attached hydrogens (tertiary/aromatic N) is 1. The minimum absolute atomic E-state index is 0.185. The Morgan fingerprint density at radius 3 is 2.53 bits per heavy atom. The van der Waals surface area contributed by atoms with Crippen LogP contribution in [-0.2, 0) is 4.79 Å². The predicted molar refractivity (Wildman–Crippen MR) is 146 cm³/mol. The zero-order valence-electron chi connectivity index (χ0n) is 19.5. The van der Waals surface area contributed by atoms with Gasteiger partial charge in [0, 0.05) is 5.02 Å². The molecule has 0 unspecified atom stereocenters. The van der Waals surface area contributed by atoms with Crippen LogP contribution >= 0.6 is 39.3 Å². The van der Waals surface area contributed by atoms with Gasteiger partial charge >= 0.3 is 0 Å². The molecule has 1 aliphatic rings. The Morgan fingerprint density at radius 2 is 1.79 bits per heavy atom. The molecule has 3 rings (SSSR count). The lowest BCUT2D eigenvalue weighted by molar-refractivity contribution is -0.115. The Balaban J connectivity index is 1.69. The molecule has 8 heteroatoms. The predicted octanol–water partition coefficient (Wildman–Crippen LogP) is 8.13. The van der Waals surface area contributed by atoms with E-state index in [0.717, 1.165) is 28.6 Å². The number of rotatable bonds is 12. The van der Waals surface area contributed by atoms with Crippen LogP contribution < -0.4 is 14.8 Å². The zero-order valence-corrected chi connectivity index (χ0v) is 22.7. The lowest BCUT2D eigenvalue weighted by Gasteiger charge is -2.15. The van der Waals surface area contributed by atoms with E-state index in [9.17, 15) is 4.79 Å². The highest BCUT2D eigenvalue weighted by atomic mass is 79.9. The summed E-state index contributed by atoms with van der Waals surface area (Å²) in [5, 5.41) is 3.98. The average Bonchev–Trinajstić information content (AvgIpc) is 3.14. The molecule has 0 aliphatic carbocycles. The fourth-order valence-corrected chi connectivity index (χ4v) is 4.94. The topological polar surface area (TPSA) is 59.9 Å². The number of benzene rings is 2. The number of hydrogen-bond acceptors (Lipinski definition) is 5. The molecule has 0 atom stereocenters. The Bertz CT molecular complexity index is 1040. The van der Waals surface area contributed by atoms with Crippen LogP contribution in [0.15, 0.2) is 50.8 Å². The van der Waals surface area contributed by atoms with Crippen molar-refractivity contribution in [2.75, 3.05) is 13.2 Å². The normalized spacial score (nSPS) is 15.7. The molecule has 1 amide bonds. The van der Waals surface area contributed by atoms with Crippen molar-refractivity contribution in [1.29, 1.82) is 0 Å². The van der Waals surface area contributed by atoms with E-state index in [0.29, 0.717) is 39.8 Å². The second-order valence-corrected chi connectivity index (χ2v) is 10.2. The van der Waals surface area contributed by atoms with Crippen molar-refractivity contribution in [3.63, 3.8) is 0 Å². The minimum atomic E-state index is -0.185. The molecule has 1 fully saturated rings. The Kier molecular flexibility index (Phi) is 10.8. The first-order valence-electron chi connectivity index (χ1n) is 11.6. The molecule has 0 radical (unpaired) electrons. The summed E-state index contributed by atoms with van der Waals surface area (Å²) in [5.41, 5.74) is 1.56. The van der Waals surface area contributed by atoms with Crippen molar-refractivity contribution >= 4 is 62.1 Å². The molecule has 0 saturated carbocycles. The van der Waals surface area contributed by atoms with Crippen LogP contribution in [0.1, 0.15) is 57.9 Å². The monoisotopic (exact) mass is 564 g/mol. The Morgan fingerprint density at radius 1 is 1.06 bits per heavy atom. The number of thioether (sulfide) groups is 1. The largest absolute Gasteiger partial charge is 0.490 e. The number of carbonyl (C=O) groups excluding carboxylic acids is 1. The fourth-order valence-electron chi connectivity index (χ4n) is 3.40. The summed E-state index contributed by atoms with van der Waals surface area (Å²) in [7, 11) is 0. The SMILES string of the molecule is CCCCCCCCOc1c(Br)cc(/C=C2/SC(=Nc3ccc(Cl)cc3)NC2=O)cc1OCC. The second-order valence-electron chi connectivity index (χ2n) is 7.84. The van der Waals surface area contributed by atoms with Gasteiger partial charge in [-0.3, -0.25) is 4.79 Å². The van der Waals surface area contributed by atoms with Gasteiger partial charge in [0.15, 0.2) is 16.7 Å². The third kappa shape index (κ3) is 8.07. The van der Waals surface area contributed by atoms with Crippen LogP contribution in [0.4, 0.5) is 5.69 Å². The number of nitrogens with one attached hydrogen (secondary N) is 1. The number of carbonyl (C=O) groups is 1. The average molecular weight is 566 g/mol. The van der Waals surface area contributed by atoms with Gasteiger partial charge in [-0.15, -0.1) is 0 Å². The van der Waals surface area contributed by atoms with Gasteiger partial charge in [0.25, 0.3) is 5.91 Å². The van der Waals surface area contributed by atoms with Crippen LogP contribution in [0, 0.1) is 0 Å². The van der Waals surface area contributed by atoms with E-state index < -0.39 is 0 Å². The number of hydrogen-bond donors (Lipinski definition) is 1. The van der Waals surface area contributed by atoms with E-state index in [1.54, 1.807) is 24.3 Å². The number of aliphatic imine (C=N–C) groups is 1. The quantitative estimate of drug-likeness (QED) is 0.208. The lowest BCUT2D eigenvalue weighted by atomic mass is 10.1. The van der Waals surface area contributed by atoms with E-state index in [-0.39, 0.29) is 5.91 Å². The summed E-state index contributed by atoms with van der Waals surface area (Å²) in [5.74, 6) is 1.18. The third-order valence-electron chi connectivity index (χ3n) is 5.08. The minimum Gasteiger partial charge on any atom is -0.490 e. The van der Waals surface area contributed by atoms with Crippen molar-refractivity contribution in [3.05, 3.63) is 56.4 Å². The van der Waals surface area contributed by atoms with Gasteiger partial charge in [-0.05, 0) is 89.1 Å². The molecule has 1 saturated heterocycles. The summed E-state index contributed by atoms with van der Waals surface area (Å²) < 4.78 is 12.7. The highest BCUT2D eigenvalue weighted by molar-refractivity contribution is 9.10. The molecular formula is C26H30BrClN2O3S. The second kappa shape index (κ2) is 13.8. The van der Waals surface area contributed by atoms with Crippen molar-refractivity contribution in [1.82, 2.24) is 5.32 Å². The van der Waals surface area contributed by atoms with E-state index in [1.165, 1.54) is 37.4 Å². The van der Waals surface area contributed by atoms with Gasteiger partial charge in [0.1, 0.15) is 0 Å². The molecule has 182 valence electrons. The first kappa shape index (κ1) is 26.6. The van der Waals surface area contributed by atoms with Crippen LogP contribution in [0.25, 0.3) is 6.08 Å². The highest BCUT2D eigenvalue weighted by Crippen LogP contribution is 2.39. The number of halogens is 2. The highest BCUT2D eigenvalue weighted by Gasteiger charge is 2.24. The van der Waals surface area contributed by atoms with Crippen molar-refractivity contribution in [2.24, 2.45) is 4.99 Å². The molecule has 1 aliphatic heterocycles. The molecule has 0 spiro atoms. The Hall–Kier alpha value is -1.96. The first-order valence-corrected chi connectivity index (χ1v) is 13.6. The number of amides is 1. The van der Waals surface area contributed by atoms with E-state index in [2.05, 4.69) is 33.2 Å². The van der Waals surface area contributed by atoms with E-state index >= 15 is 0 Å². The summed E-state index contributed by atoms with van der Waals surface area (Å²) in [6.07, 6.45) is 9.08. The number of ether oxygens (including phenoxy) is 2. The molecule has 34 heavy (non-hydrogen) atoms.